The van der Waals surface area contributed by atoms with E-state index in [2.05, 4.69) is 182 Å². The van der Waals surface area contributed by atoms with E-state index in [9.17, 15) is 0 Å². The molecule has 0 spiro atoms. The van der Waals surface area contributed by atoms with E-state index >= 15 is 0 Å². The van der Waals surface area contributed by atoms with Crippen molar-refractivity contribution in [3.63, 3.8) is 0 Å². The number of rotatable bonds is 4. The normalized spacial score (nSPS) is 12.1. The molecule has 10 aromatic carbocycles. The fraction of sp³-hybridized carbons (Fsp3) is 0. The Labute approximate surface area is 310 Å². The Morgan fingerprint density at radius 2 is 0.648 bits per heavy atom. The number of fused-ring (bicyclic) bond motifs is 4. The lowest BCUT2D eigenvalue weighted by Crippen LogP contribution is -1.96. The summed E-state index contributed by atoms with van der Waals surface area (Å²) < 4.78 is 13.7. The lowest BCUT2D eigenvalue weighted by Gasteiger charge is -2.21. The third kappa shape index (κ3) is 4.22. The zero-order valence-electron chi connectivity index (χ0n) is 29.1. The van der Waals surface area contributed by atoms with Gasteiger partial charge in [0.05, 0.1) is 0 Å². The molecule has 2 nitrogen and oxygen atoms in total. The summed E-state index contributed by atoms with van der Waals surface area (Å²) >= 11 is 0. The lowest BCUT2D eigenvalue weighted by molar-refractivity contribution is 0.647. The minimum atomic E-state index is 0.867. The van der Waals surface area contributed by atoms with E-state index in [0.717, 1.165) is 65.8 Å². The van der Waals surface area contributed by atoms with E-state index in [4.69, 9.17) is 8.83 Å². The van der Waals surface area contributed by atoms with E-state index in [1.165, 1.54) is 55.3 Å². The summed E-state index contributed by atoms with van der Waals surface area (Å²) in [5.74, 6) is 0. The van der Waals surface area contributed by atoms with Crippen molar-refractivity contribution in [2.45, 2.75) is 0 Å². The standard InChI is InChI=1S/C52H30O2/c1-3-11-31(12-4-1)37-15-7-9-17-39(37)33-19-21-35-29-47-49-41(43(35)27-33)23-25-45-51(49)52-46(53-47)26-24-42-44-28-34(20-22-36(44)30-48(54-45)50(42)52)40-18-10-8-16-38(40)32-13-5-2-6-14-32/h1-30H. The second kappa shape index (κ2) is 11.2. The molecule has 0 bridgehead atoms. The van der Waals surface area contributed by atoms with Crippen LogP contribution >= 0.6 is 0 Å². The summed E-state index contributed by atoms with van der Waals surface area (Å²) in [5.41, 5.74) is 15.4. The average molecular weight is 687 g/mol. The van der Waals surface area contributed by atoms with Crippen molar-refractivity contribution in [2.75, 3.05) is 0 Å². The maximum Gasteiger partial charge on any atom is 0.136 e. The van der Waals surface area contributed by atoms with Crippen LogP contribution in [0.3, 0.4) is 0 Å². The van der Waals surface area contributed by atoms with E-state index in [1.54, 1.807) is 0 Å². The van der Waals surface area contributed by atoms with Crippen molar-refractivity contribution in [1.29, 1.82) is 0 Å². The Balaban J connectivity index is 1.09. The minimum absolute atomic E-state index is 0.867. The second-order valence-corrected chi connectivity index (χ2v) is 14.4. The van der Waals surface area contributed by atoms with Gasteiger partial charge in [0.25, 0.3) is 0 Å². The van der Waals surface area contributed by atoms with E-state index in [0.29, 0.717) is 0 Å². The van der Waals surface area contributed by atoms with Crippen molar-refractivity contribution in [3.8, 4) is 55.6 Å². The molecule has 10 aromatic rings. The Kier molecular flexibility index (Phi) is 6.09. The molecule has 2 heteroatoms. The van der Waals surface area contributed by atoms with Crippen LogP contribution in [0.15, 0.2) is 191 Å². The van der Waals surface area contributed by atoms with Crippen molar-refractivity contribution in [3.05, 3.63) is 182 Å². The first-order valence-corrected chi connectivity index (χ1v) is 18.5. The van der Waals surface area contributed by atoms with Gasteiger partial charge in [-0.25, -0.2) is 0 Å². The predicted octanol–water partition coefficient (Wildman–Crippen LogP) is 15.0. The smallest absolute Gasteiger partial charge is 0.136 e. The lowest BCUT2D eigenvalue weighted by atomic mass is 9.86. The molecule has 0 unspecified atom stereocenters. The Morgan fingerprint density at radius 3 is 1.07 bits per heavy atom. The van der Waals surface area contributed by atoms with Crippen LogP contribution in [-0.4, -0.2) is 0 Å². The van der Waals surface area contributed by atoms with Gasteiger partial charge < -0.3 is 8.83 Å². The minimum Gasteiger partial charge on any atom is -0.456 e. The molecule has 0 amide bonds. The highest BCUT2D eigenvalue weighted by Crippen LogP contribution is 2.51. The first-order chi connectivity index (χ1) is 26.8. The van der Waals surface area contributed by atoms with Crippen molar-refractivity contribution < 1.29 is 8.83 Å². The summed E-state index contributed by atoms with van der Waals surface area (Å²) in [5, 5.41) is 9.22. The van der Waals surface area contributed by atoms with Crippen LogP contribution in [-0.2, 0) is 0 Å². The molecule has 250 valence electrons. The van der Waals surface area contributed by atoms with Gasteiger partial charge in [0.2, 0.25) is 0 Å². The summed E-state index contributed by atoms with van der Waals surface area (Å²) in [4.78, 5) is 0. The molecule has 0 saturated carbocycles. The first kappa shape index (κ1) is 29.4. The van der Waals surface area contributed by atoms with E-state index in [-0.39, 0.29) is 0 Å². The van der Waals surface area contributed by atoms with Crippen LogP contribution in [0.1, 0.15) is 0 Å². The predicted molar refractivity (Wildman–Crippen MR) is 226 cm³/mol. The Bertz CT molecular complexity index is 3140. The quantitative estimate of drug-likeness (QED) is 0.136. The maximum atomic E-state index is 6.85. The molecule has 2 aliphatic heterocycles. The molecular weight excluding hydrogens is 657 g/mol. The number of hydrogen-bond acceptors (Lipinski definition) is 2. The molecule has 0 atom stereocenters. The third-order valence-electron chi connectivity index (χ3n) is 11.4. The zero-order chi connectivity index (χ0) is 35.3. The largest absolute Gasteiger partial charge is 0.456 e. The monoisotopic (exact) mass is 686 g/mol. The van der Waals surface area contributed by atoms with Crippen molar-refractivity contribution >= 4 is 65.4 Å². The van der Waals surface area contributed by atoms with Crippen LogP contribution < -0.4 is 0 Å². The van der Waals surface area contributed by atoms with E-state index in [1.807, 2.05) is 0 Å². The van der Waals surface area contributed by atoms with Crippen LogP contribution in [0.4, 0.5) is 0 Å². The van der Waals surface area contributed by atoms with Crippen molar-refractivity contribution in [1.82, 2.24) is 0 Å². The van der Waals surface area contributed by atoms with Crippen LogP contribution in [0.25, 0.3) is 121 Å². The highest BCUT2D eigenvalue weighted by Gasteiger charge is 2.26. The summed E-state index contributed by atoms with van der Waals surface area (Å²) in [6.07, 6.45) is 0. The van der Waals surface area contributed by atoms with Crippen LogP contribution in [0.5, 0.6) is 0 Å². The highest BCUT2D eigenvalue weighted by atomic mass is 16.3. The van der Waals surface area contributed by atoms with Gasteiger partial charge in [0.1, 0.15) is 22.3 Å². The Hall–Kier alpha value is -7.16. The van der Waals surface area contributed by atoms with Crippen LogP contribution in [0.2, 0.25) is 0 Å². The topological polar surface area (TPSA) is 26.3 Å². The molecule has 0 fully saturated rings. The molecule has 0 saturated heterocycles. The summed E-state index contributed by atoms with van der Waals surface area (Å²) in [6, 6.07) is 65.4. The summed E-state index contributed by atoms with van der Waals surface area (Å²) in [6.45, 7) is 0. The van der Waals surface area contributed by atoms with Gasteiger partial charge >= 0.3 is 0 Å². The van der Waals surface area contributed by atoms with Gasteiger partial charge in [0, 0.05) is 21.9 Å². The van der Waals surface area contributed by atoms with Gasteiger partial charge in [-0.3, -0.25) is 0 Å². The molecular formula is C52H30O2. The molecule has 12 rings (SSSR count). The van der Waals surface area contributed by atoms with Gasteiger partial charge in [-0.05, 0) is 125 Å². The molecule has 54 heavy (non-hydrogen) atoms. The molecule has 0 aromatic heterocycles. The summed E-state index contributed by atoms with van der Waals surface area (Å²) in [7, 11) is 0. The van der Waals surface area contributed by atoms with Gasteiger partial charge in [-0.15, -0.1) is 0 Å². The average Bonchev–Trinajstić information content (AvgIpc) is 3.24. The fourth-order valence-electron chi connectivity index (χ4n) is 8.99. The molecule has 0 N–H and O–H groups in total. The SMILES string of the molecule is c1ccc(-c2ccccc2-c2ccc3cc4oc5ccc6c7cc(-c8ccccc8-c8ccccc8)ccc7cc7oc8ccc(c3c2)c4c8-c5c76)cc1. The molecule has 0 radical (unpaired) electrons. The fourth-order valence-corrected chi connectivity index (χ4v) is 8.99. The first-order valence-electron chi connectivity index (χ1n) is 18.5. The third-order valence-corrected chi connectivity index (χ3v) is 11.4. The maximum absolute atomic E-state index is 6.85. The Morgan fingerprint density at radius 1 is 0.259 bits per heavy atom. The van der Waals surface area contributed by atoms with E-state index < -0.39 is 0 Å². The van der Waals surface area contributed by atoms with Gasteiger partial charge in [-0.1, -0.05) is 133 Å². The zero-order valence-corrected chi connectivity index (χ0v) is 29.1. The molecule has 2 heterocycles. The second-order valence-electron chi connectivity index (χ2n) is 14.4. The number of benzene rings is 10. The highest BCUT2D eigenvalue weighted by molar-refractivity contribution is 6.30. The molecule has 2 aliphatic rings. The number of hydrogen-bond donors (Lipinski definition) is 0. The van der Waals surface area contributed by atoms with Gasteiger partial charge in [0.15, 0.2) is 0 Å². The van der Waals surface area contributed by atoms with Crippen LogP contribution in [0, 0.1) is 0 Å². The van der Waals surface area contributed by atoms with Crippen molar-refractivity contribution in [2.24, 2.45) is 0 Å². The molecule has 0 aliphatic carbocycles. The van der Waals surface area contributed by atoms with Gasteiger partial charge in [-0.2, -0.15) is 0 Å².